The first-order chi connectivity index (χ1) is 12.5. The Balaban J connectivity index is 0.00000117. The molecule has 3 rings (SSSR count). The van der Waals surface area contributed by atoms with E-state index in [4.69, 9.17) is 11.6 Å². The van der Waals surface area contributed by atoms with Crippen LogP contribution < -0.4 is 10.7 Å². The number of benzene rings is 1. The highest BCUT2D eigenvalue weighted by Gasteiger charge is 2.14. The molecule has 3 aromatic rings. The van der Waals surface area contributed by atoms with Crippen molar-refractivity contribution in [2.45, 2.75) is 34.2 Å². The lowest BCUT2D eigenvalue weighted by molar-refractivity contribution is 0.0949. The monoisotopic (exact) mass is 371 g/mol. The van der Waals surface area contributed by atoms with Crippen LogP contribution in [0.25, 0.3) is 11.0 Å². The number of hydrogen-bond donors (Lipinski definition) is 2. The molecule has 0 saturated carbocycles. The van der Waals surface area contributed by atoms with Gasteiger partial charge in [-0.3, -0.25) is 9.59 Å². The fourth-order valence-corrected chi connectivity index (χ4v) is 2.51. The third-order valence-electron chi connectivity index (χ3n) is 3.92. The Kier molecular flexibility index (Phi) is 6.52. The summed E-state index contributed by atoms with van der Waals surface area (Å²) in [5, 5.41) is 3.79. The van der Waals surface area contributed by atoms with Crippen LogP contribution in [0.2, 0.25) is 5.02 Å². The van der Waals surface area contributed by atoms with Crippen molar-refractivity contribution in [2.75, 3.05) is 0 Å². The van der Waals surface area contributed by atoms with Gasteiger partial charge in [-0.05, 0) is 43.2 Å². The predicted molar refractivity (Wildman–Crippen MR) is 106 cm³/mol. The van der Waals surface area contributed by atoms with Crippen molar-refractivity contribution in [1.29, 1.82) is 0 Å². The Morgan fingerprint density at radius 1 is 1.19 bits per heavy atom. The zero-order chi connectivity index (χ0) is 19.3. The Morgan fingerprint density at radius 3 is 2.50 bits per heavy atom. The van der Waals surface area contributed by atoms with Gasteiger partial charge >= 0.3 is 0 Å². The van der Waals surface area contributed by atoms with Crippen LogP contribution in [-0.4, -0.2) is 15.9 Å². The minimum atomic E-state index is -0.425. The van der Waals surface area contributed by atoms with E-state index >= 15 is 0 Å². The van der Waals surface area contributed by atoms with E-state index in [0.717, 1.165) is 16.8 Å². The van der Waals surface area contributed by atoms with Crippen molar-refractivity contribution in [1.82, 2.24) is 15.3 Å². The topological polar surface area (TPSA) is 74.8 Å². The van der Waals surface area contributed by atoms with Gasteiger partial charge in [-0.25, -0.2) is 4.98 Å². The first kappa shape index (κ1) is 19.7. The first-order valence-electron chi connectivity index (χ1n) is 8.48. The molecular weight excluding hydrogens is 350 g/mol. The smallest absolute Gasteiger partial charge is 0.257 e. The number of aromatic nitrogens is 2. The predicted octanol–water partition coefficient (Wildman–Crippen LogP) is 4.15. The average molecular weight is 372 g/mol. The fourth-order valence-electron chi connectivity index (χ4n) is 2.39. The van der Waals surface area contributed by atoms with Gasteiger partial charge in [0, 0.05) is 23.5 Å². The lowest BCUT2D eigenvalue weighted by atomic mass is 10.1. The third-order valence-corrected chi connectivity index (χ3v) is 4.17. The van der Waals surface area contributed by atoms with E-state index in [0.29, 0.717) is 22.6 Å². The van der Waals surface area contributed by atoms with Crippen LogP contribution in [0.4, 0.5) is 0 Å². The number of aromatic amines is 1. The van der Waals surface area contributed by atoms with E-state index in [2.05, 4.69) is 15.3 Å². The lowest BCUT2D eigenvalue weighted by Crippen LogP contribution is -2.28. The molecule has 2 N–H and O–H groups in total. The summed E-state index contributed by atoms with van der Waals surface area (Å²) in [6.45, 7) is 8.08. The van der Waals surface area contributed by atoms with E-state index in [1.165, 1.54) is 6.20 Å². The number of amides is 1. The number of carbonyl (C=O) groups excluding carboxylic acids is 1. The molecule has 2 heterocycles. The maximum Gasteiger partial charge on any atom is 0.257 e. The molecule has 0 spiro atoms. The quantitative estimate of drug-likeness (QED) is 0.726. The number of halogens is 1. The van der Waals surface area contributed by atoms with Crippen LogP contribution in [0, 0.1) is 13.8 Å². The molecule has 6 heteroatoms. The van der Waals surface area contributed by atoms with E-state index in [9.17, 15) is 9.59 Å². The zero-order valence-corrected chi connectivity index (χ0v) is 16.1. The number of carbonyl (C=O) groups is 1. The van der Waals surface area contributed by atoms with Gasteiger partial charge in [0.25, 0.3) is 5.91 Å². The molecule has 0 aliphatic heterocycles. The van der Waals surface area contributed by atoms with Crippen molar-refractivity contribution < 1.29 is 4.79 Å². The van der Waals surface area contributed by atoms with Gasteiger partial charge in [-0.2, -0.15) is 0 Å². The van der Waals surface area contributed by atoms with Crippen LogP contribution in [0.5, 0.6) is 0 Å². The molecule has 0 bridgehead atoms. The van der Waals surface area contributed by atoms with E-state index < -0.39 is 5.91 Å². The molecule has 2 aromatic heterocycles. The minimum Gasteiger partial charge on any atom is -0.348 e. The summed E-state index contributed by atoms with van der Waals surface area (Å²) in [6, 6.07) is 8.91. The Labute approximate surface area is 157 Å². The minimum absolute atomic E-state index is 0.0708. The zero-order valence-electron chi connectivity index (χ0n) is 15.3. The standard InChI is InChI=1S/C18H16ClN3O2.C2H6/c1-10-7-14-16(23)15(9-20-17(14)22-11(10)2)18(24)21-8-12-3-5-13(19)6-4-12;1-2/h3-7,9H,8H2,1-2H3,(H,21,24)(H,20,22,23);1-2H3. The fraction of sp³-hybridized carbons (Fsp3) is 0.250. The highest BCUT2D eigenvalue weighted by Crippen LogP contribution is 2.12. The summed E-state index contributed by atoms with van der Waals surface area (Å²) in [7, 11) is 0. The lowest BCUT2D eigenvalue weighted by Gasteiger charge is -2.07. The normalized spacial score (nSPS) is 10.2. The number of nitrogens with zero attached hydrogens (tertiary/aromatic N) is 1. The maximum atomic E-state index is 12.6. The van der Waals surface area contributed by atoms with Gasteiger partial charge in [0.1, 0.15) is 11.2 Å². The van der Waals surface area contributed by atoms with Gasteiger partial charge in [0.2, 0.25) is 5.43 Å². The number of aryl methyl sites for hydroxylation is 2. The number of pyridine rings is 2. The Hall–Kier alpha value is -2.66. The molecule has 136 valence electrons. The van der Waals surface area contributed by atoms with Crippen molar-refractivity contribution >= 4 is 28.5 Å². The van der Waals surface area contributed by atoms with Gasteiger partial charge < -0.3 is 10.3 Å². The number of hydrogen-bond acceptors (Lipinski definition) is 3. The summed E-state index contributed by atoms with van der Waals surface area (Å²) >= 11 is 5.83. The Bertz CT molecular complexity index is 979. The number of nitrogens with one attached hydrogen (secondary N) is 2. The van der Waals surface area contributed by atoms with Gasteiger partial charge in [-0.1, -0.05) is 37.6 Å². The summed E-state index contributed by atoms with van der Waals surface area (Å²) in [5.74, 6) is -0.425. The highest BCUT2D eigenvalue weighted by molar-refractivity contribution is 6.30. The summed E-state index contributed by atoms with van der Waals surface area (Å²) in [4.78, 5) is 32.1. The third kappa shape index (κ3) is 4.29. The molecule has 0 saturated heterocycles. The molecule has 1 aromatic carbocycles. The Morgan fingerprint density at radius 2 is 1.85 bits per heavy atom. The van der Waals surface area contributed by atoms with Crippen molar-refractivity contribution in [2.24, 2.45) is 0 Å². The maximum absolute atomic E-state index is 12.6. The van der Waals surface area contributed by atoms with Crippen LogP contribution >= 0.6 is 11.6 Å². The first-order valence-corrected chi connectivity index (χ1v) is 8.86. The molecular formula is C20H22ClN3O2. The molecule has 1 amide bonds. The molecule has 0 radical (unpaired) electrons. The van der Waals surface area contributed by atoms with Gasteiger partial charge in [0.15, 0.2) is 0 Å². The molecule has 26 heavy (non-hydrogen) atoms. The van der Waals surface area contributed by atoms with Crippen LogP contribution in [0.3, 0.4) is 0 Å². The summed E-state index contributed by atoms with van der Waals surface area (Å²) in [6.07, 6.45) is 1.41. The van der Waals surface area contributed by atoms with Crippen molar-refractivity contribution in [3.8, 4) is 0 Å². The van der Waals surface area contributed by atoms with Gasteiger partial charge in [0.05, 0.1) is 5.39 Å². The molecule has 0 atom stereocenters. The average Bonchev–Trinajstić information content (AvgIpc) is 2.65. The molecule has 0 aliphatic rings. The number of fused-ring (bicyclic) bond motifs is 1. The molecule has 5 nitrogen and oxygen atoms in total. The number of rotatable bonds is 3. The highest BCUT2D eigenvalue weighted by atomic mass is 35.5. The summed E-state index contributed by atoms with van der Waals surface area (Å²) in [5.41, 5.74) is 2.88. The van der Waals surface area contributed by atoms with E-state index in [1.54, 1.807) is 18.2 Å². The van der Waals surface area contributed by atoms with E-state index in [-0.39, 0.29) is 11.0 Å². The van der Waals surface area contributed by atoms with Crippen molar-refractivity contribution in [3.63, 3.8) is 0 Å². The molecule has 0 aliphatic carbocycles. The molecule has 0 unspecified atom stereocenters. The number of H-pyrrole nitrogens is 1. The second kappa shape index (κ2) is 8.63. The van der Waals surface area contributed by atoms with E-state index in [1.807, 2.05) is 39.8 Å². The van der Waals surface area contributed by atoms with Crippen LogP contribution in [0.1, 0.15) is 41.0 Å². The van der Waals surface area contributed by atoms with Crippen LogP contribution in [0.15, 0.2) is 41.3 Å². The summed E-state index contributed by atoms with van der Waals surface area (Å²) < 4.78 is 0. The molecule has 0 fully saturated rings. The van der Waals surface area contributed by atoms with Crippen LogP contribution in [-0.2, 0) is 6.54 Å². The largest absolute Gasteiger partial charge is 0.348 e. The van der Waals surface area contributed by atoms with Gasteiger partial charge in [-0.15, -0.1) is 0 Å². The SMILES string of the molecule is CC.Cc1cc2c(=O)c(C(=O)NCc3ccc(Cl)cc3)c[nH]c2nc1C. The second-order valence-electron chi connectivity index (χ2n) is 5.63. The van der Waals surface area contributed by atoms with Crippen molar-refractivity contribution in [3.05, 3.63) is 74.2 Å². The second-order valence-corrected chi connectivity index (χ2v) is 6.06.